The fraction of sp³-hybridized carbons (Fsp3) is 0.619. The lowest BCUT2D eigenvalue weighted by Gasteiger charge is -2.27. The zero-order chi connectivity index (χ0) is 18.8. The van der Waals surface area contributed by atoms with E-state index in [1.165, 1.54) is 24.8 Å². The normalized spacial score (nSPS) is 15.6. The van der Waals surface area contributed by atoms with Crippen LogP contribution < -0.4 is 16.0 Å². The van der Waals surface area contributed by atoms with Gasteiger partial charge >= 0.3 is 0 Å². The molecule has 0 heterocycles. The van der Waals surface area contributed by atoms with E-state index in [2.05, 4.69) is 59.1 Å². The van der Waals surface area contributed by atoms with Gasteiger partial charge in [0.25, 0.3) is 0 Å². The molecule has 0 saturated heterocycles. The molecule has 0 radical (unpaired) electrons. The van der Waals surface area contributed by atoms with Crippen molar-refractivity contribution in [2.75, 3.05) is 26.7 Å². The topological polar surface area (TPSA) is 65.5 Å². The van der Waals surface area contributed by atoms with Gasteiger partial charge in [-0.3, -0.25) is 9.79 Å². The van der Waals surface area contributed by atoms with Crippen LogP contribution in [-0.2, 0) is 10.2 Å². The van der Waals surface area contributed by atoms with Crippen molar-refractivity contribution in [3.63, 3.8) is 0 Å². The SMILES string of the molecule is CN=C(NCCNC(=O)C1CCCCC1)NCC(C)(C)c1ccccc1.I. The maximum absolute atomic E-state index is 12.1. The Kier molecular flexibility index (Phi) is 10.7. The smallest absolute Gasteiger partial charge is 0.223 e. The summed E-state index contributed by atoms with van der Waals surface area (Å²) in [5.74, 6) is 1.19. The van der Waals surface area contributed by atoms with E-state index in [0.29, 0.717) is 13.1 Å². The molecule has 3 N–H and O–H groups in total. The molecule has 0 unspecified atom stereocenters. The zero-order valence-electron chi connectivity index (χ0n) is 16.9. The predicted molar refractivity (Wildman–Crippen MR) is 124 cm³/mol. The highest BCUT2D eigenvalue weighted by Gasteiger charge is 2.21. The molecule has 0 bridgehead atoms. The molecule has 1 fully saturated rings. The number of halogens is 1. The predicted octanol–water partition coefficient (Wildman–Crippen LogP) is 3.44. The number of benzene rings is 1. The van der Waals surface area contributed by atoms with E-state index in [9.17, 15) is 4.79 Å². The summed E-state index contributed by atoms with van der Waals surface area (Å²) in [7, 11) is 1.77. The number of guanidine groups is 1. The summed E-state index contributed by atoms with van der Waals surface area (Å²) in [5.41, 5.74) is 1.30. The summed E-state index contributed by atoms with van der Waals surface area (Å²) in [6.45, 7) is 6.51. The third kappa shape index (κ3) is 8.07. The van der Waals surface area contributed by atoms with E-state index in [1.54, 1.807) is 7.05 Å². The highest BCUT2D eigenvalue weighted by atomic mass is 127. The summed E-state index contributed by atoms with van der Waals surface area (Å²) in [6.07, 6.45) is 5.72. The molecule has 152 valence electrons. The number of hydrogen-bond acceptors (Lipinski definition) is 2. The number of nitrogens with one attached hydrogen (secondary N) is 3. The van der Waals surface area contributed by atoms with Crippen LogP contribution in [0.4, 0.5) is 0 Å². The number of amides is 1. The molecule has 1 aliphatic rings. The lowest BCUT2D eigenvalue weighted by molar-refractivity contribution is -0.125. The van der Waals surface area contributed by atoms with E-state index >= 15 is 0 Å². The van der Waals surface area contributed by atoms with Crippen molar-refractivity contribution in [3.8, 4) is 0 Å². The van der Waals surface area contributed by atoms with Crippen LogP contribution in [-0.4, -0.2) is 38.5 Å². The van der Waals surface area contributed by atoms with Gasteiger partial charge in [0.1, 0.15) is 0 Å². The fourth-order valence-corrected chi connectivity index (χ4v) is 3.39. The standard InChI is InChI=1S/C21H34N4O.HI/c1-21(2,18-12-8-5-9-13-18)16-25-20(22-3)24-15-14-23-19(26)17-10-6-4-7-11-17;/h5,8-9,12-13,17H,4,6-7,10-11,14-16H2,1-3H3,(H,23,26)(H2,22,24,25);1H. The van der Waals surface area contributed by atoms with Gasteiger partial charge in [-0.05, 0) is 18.4 Å². The molecule has 1 aromatic carbocycles. The van der Waals surface area contributed by atoms with E-state index in [4.69, 9.17) is 0 Å². The molecular formula is C21H35IN4O. The molecule has 5 nitrogen and oxygen atoms in total. The molecule has 6 heteroatoms. The van der Waals surface area contributed by atoms with Crippen LogP contribution in [0.5, 0.6) is 0 Å². The van der Waals surface area contributed by atoms with Gasteiger partial charge in [-0.2, -0.15) is 0 Å². The van der Waals surface area contributed by atoms with E-state index in [1.807, 2.05) is 6.07 Å². The Balaban J connectivity index is 0.00000364. The Bertz CT molecular complexity index is 583. The number of rotatable bonds is 7. The molecule has 1 aromatic rings. The van der Waals surface area contributed by atoms with E-state index < -0.39 is 0 Å². The van der Waals surface area contributed by atoms with Gasteiger partial charge in [-0.25, -0.2) is 0 Å². The third-order valence-electron chi connectivity index (χ3n) is 5.17. The minimum absolute atomic E-state index is 0. The first-order chi connectivity index (χ1) is 12.5. The Morgan fingerprint density at radius 3 is 2.30 bits per heavy atom. The van der Waals surface area contributed by atoms with Gasteiger partial charge in [0.05, 0.1) is 0 Å². The molecule has 0 aromatic heterocycles. The summed E-state index contributed by atoms with van der Waals surface area (Å²) in [4.78, 5) is 16.4. The van der Waals surface area contributed by atoms with Crippen LogP contribution >= 0.6 is 24.0 Å². The monoisotopic (exact) mass is 486 g/mol. The van der Waals surface area contributed by atoms with Gasteiger partial charge in [0.15, 0.2) is 5.96 Å². The van der Waals surface area contributed by atoms with Crippen LogP contribution in [0.25, 0.3) is 0 Å². The van der Waals surface area contributed by atoms with Crippen LogP contribution in [0.15, 0.2) is 35.3 Å². The van der Waals surface area contributed by atoms with Crippen molar-refractivity contribution in [2.45, 2.75) is 51.4 Å². The van der Waals surface area contributed by atoms with Crippen molar-refractivity contribution >= 4 is 35.8 Å². The first-order valence-electron chi connectivity index (χ1n) is 9.81. The van der Waals surface area contributed by atoms with Gasteiger partial charge in [-0.1, -0.05) is 63.4 Å². The Labute approximate surface area is 181 Å². The van der Waals surface area contributed by atoms with Gasteiger partial charge < -0.3 is 16.0 Å². The maximum Gasteiger partial charge on any atom is 0.223 e. The molecule has 0 aliphatic heterocycles. The van der Waals surface area contributed by atoms with E-state index in [-0.39, 0.29) is 41.2 Å². The Morgan fingerprint density at radius 1 is 1.04 bits per heavy atom. The molecule has 1 aliphatic carbocycles. The summed E-state index contributed by atoms with van der Waals surface area (Å²) in [5, 5.41) is 9.71. The molecule has 0 atom stereocenters. The van der Waals surface area contributed by atoms with Gasteiger partial charge in [-0.15, -0.1) is 24.0 Å². The largest absolute Gasteiger partial charge is 0.356 e. The lowest BCUT2D eigenvalue weighted by Crippen LogP contribution is -2.46. The molecular weight excluding hydrogens is 451 g/mol. The van der Waals surface area contributed by atoms with Crippen LogP contribution in [0.1, 0.15) is 51.5 Å². The molecule has 27 heavy (non-hydrogen) atoms. The second-order valence-corrected chi connectivity index (χ2v) is 7.73. The number of carbonyl (C=O) groups is 1. The Morgan fingerprint density at radius 2 is 1.67 bits per heavy atom. The van der Waals surface area contributed by atoms with Crippen LogP contribution in [0.3, 0.4) is 0 Å². The summed E-state index contributed by atoms with van der Waals surface area (Å²) >= 11 is 0. The highest BCUT2D eigenvalue weighted by Crippen LogP contribution is 2.23. The second kappa shape index (κ2) is 12.2. The van der Waals surface area contributed by atoms with Crippen LogP contribution in [0, 0.1) is 5.92 Å². The number of nitrogens with zero attached hydrogens (tertiary/aromatic N) is 1. The fourth-order valence-electron chi connectivity index (χ4n) is 3.39. The average molecular weight is 486 g/mol. The average Bonchev–Trinajstić information content (AvgIpc) is 2.68. The first-order valence-corrected chi connectivity index (χ1v) is 9.81. The number of aliphatic imine (C=N–C) groups is 1. The van der Waals surface area contributed by atoms with Gasteiger partial charge in [0, 0.05) is 38.0 Å². The van der Waals surface area contributed by atoms with Crippen LogP contribution in [0.2, 0.25) is 0 Å². The van der Waals surface area contributed by atoms with Gasteiger partial charge in [0.2, 0.25) is 5.91 Å². The quantitative estimate of drug-likeness (QED) is 0.240. The lowest BCUT2D eigenvalue weighted by atomic mass is 9.85. The highest BCUT2D eigenvalue weighted by molar-refractivity contribution is 14.0. The van der Waals surface area contributed by atoms with Crippen molar-refractivity contribution < 1.29 is 4.79 Å². The zero-order valence-corrected chi connectivity index (χ0v) is 19.2. The minimum atomic E-state index is 0. The van der Waals surface area contributed by atoms with Crippen molar-refractivity contribution in [1.82, 2.24) is 16.0 Å². The molecule has 2 rings (SSSR count). The molecule has 1 amide bonds. The van der Waals surface area contributed by atoms with Crippen molar-refractivity contribution in [1.29, 1.82) is 0 Å². The van der Waals surface area contributed by atoms with Crippen molar-refractivity contribution in [3.05, 3.63) is 35.9 Å². The third-order valence-corrected chi connectivity index (χ3v) is 5.17. The van der Waals surface area contributed by atoms with Crippen molar-refractivity contribution in [2.24, 2.45) is 10.9 Å². The number of hydrogen-bond donors (Lipinski definition) is 3. The molecule has 1 saturated carbocycles. The maximum atomic E-state index is 12.1. The second-order valence-electron chi connectivity index (χ2n) is 7.73. The summed E-state index contributed by atoms with van der Waals surface area (Å²) < 4.78 is 0. The minimum Gasteiger partial charge on any atom is -0.356 e. The van der Waals surface area contributed by atoms with E-state index in [0.717, 1.165) is 25.3 Å². The summed E-state index contributed by atoms with van der Waals surface area (Å²) in [6, 6.07) is 10.5. The number of carbonyl (C=O) groups excluding carboxylic acids is 1. The Hall–Kier alpha value is -1.31. The first kappa shape index (κ1) is 23.7. The molecule has 0 spiro atoms.